The third-order valence-electron chi connectivity index (χ3n) is 7.32. The van der Waals surface area contributed by atoms with Crippen LogP contribution in [-0.4, -0.2) is 46.4 Å². The van der Waals surface area contributed by atoms with Crippen molar-refractivity contribution in [1.82, 2.24) is 15.8 Å². The lowest BCUT2D eigenvalue weighted by atomic mass is 9.72. The van der Waals surface area contributed by atoms with Crippen LogP contribution in [0.3, 0.4) is 0 Å². The number of aliphatic hydroxyl groups is 1. The molecule has 0 bridgehead atoms. The smallest absolute Gasteiger partial charge is 0.251 e. The molecular weight excluding hydrogens is 482 g/mol. The molecule has 0 saturated carbocycles. The summed E-state index contributed by atoms with van der Waals surface area (Å²) in [5.41, 5.74) is 4.49. The van der Waals surface area contributed by atoms with E-state index in [-0.39, 0.29) is 29.8 Å². The Morgan fingerprint density at radius 2 is 1.66 bits per heavy atom. The SMILES string of the molecule is CCC(CC)(c1ccc(C(=O)NCCCCCC(=O)NO)cc1)c1ccc(OCC(O)C(C)(C)C)c(C)n1. The highest BCUT2D eigenvalue weighted by atomic mass is 16.5. The zero-order chi connectivity index (χ0) is 28.3. The Morgan fingerprint density at radius 3 is 2.21 bits per heavy atom. The van der Waals surface area contributed by atoms with Crippen molar-refractivity contribution in [1.29, 1.82) is 0 Å². The molecule has 0 spiro atoms. The van der Waals surface area contributed by atoms with Crippen molar-refractivity contribution in [2.45, 2.75) is 91.6 Å². The summed E-state index contributed by atoms with van der Waals surface area (Å²) in [5, 5.41) is 21.8. The van der Waals surface area contributed by atoms with E-state index in [4.69, 9.17) is 14.9 Å². The number of aliphatic hydroxyl groups excluding tert-OH is 1. The van der Waals surface area contributed by atoms with Gasteiger partial charge >= 0.3 is 0 Å². The molecule has 0 aliphatic heterocycles. The van der Waals surface area contributed by atoms with Crippen molar-refractivity contribution in [3.63, 3.8) is 0 Å². The maximum Gasteiger partial charge on any atom is 0.251 e. The van der Waals surface area contributed by atoms with Gasteiger partial charge in [-0.05, 0) is 67.9 Å². The van der Waals surface area contributed by atoms with Crippen LogP contribution in [0.15, 0.2) is 36.4 Å². The quantitative estimate of drug-likeness (QED) is 0.155. The Bertz CT molecular complexity index is 1040. The third-order valence-corrected chi connectivity index (χ3v) is 7.32. The number of aromatic nitrogens is 1. The standard InChI is InChI=1S/C30H45N3O5/c1-7-30(8-2,25-18-17-24(21(3)32-25)38-20-26(34)29(4,5)6)23-15-13-22(14-16-23)28(36)31-19-11-9-10-12-27(35)33-37/h13-18,26,34,37H,7-12,19-20H2,1-6H3,(H,31,36)(H,33,35). The van der Waals surface area contributed by atoms with Crippen molar-refractivity contribution in [2.24, 2.45) is 5.41 Å². The number of hydroxylamine groups is 1. The van der Waals surface area contributed by atoms with Crippen LogP contribution in [0.4, 0.5) is 0 Å². The maximum absolute atomic E-state index is 12.6. The second-order valence-electron chi connectivity index (χ2n) is 10.9. The van der Waals surface area contributed by atoms with Gasteiger partial charge in [0.2, 0.25) is 5.91 Å². The lowest BCUT2D eigenvalue weighted by Gasteiger charge is -2.33. The molecule has 0 radical (unpaired) electrons. The molecule has 1 unspecified atom stereocenters. The lowest BCUT2D eigenvalue weighted by Crippen LogP contribution is -2.32. The molecule has 1 heterocycles. The minimum Gasteiger partial charge on any atom is -0.489 e. The highest BCUT2D eigenvalue weighted by molar-refractivity contribution is 5.94. The average molecular weight is 528 g/mol. The number of nitrogens with one attached hydrogen (secondary N) is 2. The van der Waals surface area contributed by atoms with Crippen LogP contribution in [-0.2, 0) is 10.2 Å². The van der Waals surface area contributed by atoms with E-state index < -0.39 is 12.0 Å². The number of hydrogen-bond acceptors (Lipinski definition) is 6. The molecule has 0 aliphatic carbocycles. The van der Waals surface area contributed by atoms with E-state index in [1.807, 2.05) is 64.1 Å². The number of rotatable bonds is 14. The van der Waals surface area contributed by atoms with E-state index in [9.17, 15) is 14.7 Å². The Balaban J connectivity index is 2.07. The van der Waals surface area contributed by atoms with Crippen LogP contribution in [0.25, 0.3) is 0 Å². The Hall–Kier alpha value is -2.97. The summed E-state index contributed by atoms with van der Waals surface area (Å²) < 4.78 is 5.89. The van der Waals surface area contributed by atoms with Crippen LogP contribution in [0, 0.1) is 12.3 Å². The monoisotopic (exact) mass is 527 g/mol. The van der Waals surface area contributed by atoms with Gasteiger partial charge in [0, 0.05) is 23.9 Å². The largest absolute Gasteiger partial charge is 0.489 e. The summed E-state index contributed by atoms with van der Waals surface area (Å²) in [6.07, 6.45) is 3.59. The fraction of sp³-hybridized carbons (Fsp3) is 0.567. The van der Waals surface area contributed by atoms with Crippen molar-refractivity contribution in [3.8, 4) is 5.75 Å². The van der Waals surface area contributed by atoms with Gasteiger partial charge in [0.05, 0.1) is 17.5 Å². The molecule has 1 aromatic carbocycles. The molecule has 210 valence electrons. The van der Waals surface area contributed by atoms with Gasteiger partial charge in [0.1, 0.15) is 12.4 Å². The van der Waals surface area contributed by atoms with Crippen LogP contribution in [0.5, 0.6) is 5.75 Å². The van der Waals surface area contributed by atoms with Crippen LogP contribution in [0.1, 0.15) is 100 Å². The molecule has 0 fully saturated rings. The molecule has 8 nitrogen and oxygen atoms in total. The number of carbonyl (C=O) groups excluding carboxylic acids is 2. The van der Waals surface area contributed by atoms with Gasteiger partial charge in [0.25, 0.3) is 5.91 Å². The fourth-order valence-corrected chi connectivity index (χ4v) is 4.44. The minimum atomic E-state index is -0.581. The number of ether oxygens (including phenoxy) is 1. The van der Waals surface area contributed by atoms with Gasteiger partial charge < -0.3 is 15.2 Å². The molecule has 2 rings (SSSR count). The Labute approximate surface area is 227 Å². The number of aryl methyl sites for hydroxylation is 1. The van der Waals surface area contributed by atoms with Crippen molar-refractivity contribution >= 4 is 11.8 Å². The summed E-state index contributed by atoms with van der Waals surface area (Å²) in [6.45, 7) is 12.9. The number of pyridine rings is 1. The highest BCUT2D eigenvalue weighted by Crippen LogP contribution is 2.39. The second kappa shape index (κ2) is 14.3. The fourth-order valence-electron chi connectivity index (χ4n) is 4.44. The molecule has 8 heteroatoms. The lowest BCUT2D eigenvalue weighted by molar-refractivity contribution is -0.129. The molecule has 2 aromatic rings. The van der Waals surface area contributed by atoms with Crippen LogP contribution >= 0.6 is 0 Å². The van der Waals surface area contributed by atoms with Crippen LogP contribution < -0.4 is 15.5 Å². The normalized spacial score (nSPS) is 12.6. The number of amides is 2. The summed E-state index contributed by atoms with van der Waals surface area (Å²) in [7, 11) is 0. The average Bonchev–Trinajstić information content (AvgIpc) is 2.90. The topological polar surface area (TPSA) is 121 Å². The molecule has 38 heavy (non-hydrogen) atoms. The van der Waals surface area contributed by atoms with Crippen molar-refractivity contribution in [3.05, 3.63) is 58.9 Å². The molecule has 0 aliphatic rings. The molecule has 0 saturated heterocycles. The summed E-state index contributed by atoms with van der Waals surface area (Å²) >= 11 is 0. The maximum atomic E-state index is 12.6. The number of carbonyl (C=O) groups is 2. The summed E-state index contributed by atoms with van der Waals surface area (Å²) in [4.78, 5) is 28.6. The van der Waals surface area contributed by atoms with Crippen LogP contribution in [0.2, 0.25) is 0 Å². The van der Waals surface area contributed by atoms with Crippen molar-refractivity contribution in [2.75, 3.05) is 13.2 Å². The molecular formula is C30H45N3O5. The zero-order valence-corrected chi connectivity index (χ0v) is 23.8. The molecule has 2 amide bonds. The molecule has 1 atom stereocenters. The first kappa shape index (κ1) is 31.2. The number of nitrogens with zero attached hydrogens (tertiary/aromatic N) is 1. The number of benzene rings is 1. The third kappa shape index (κ3) is 8.27. The second-order valence-corrected chi connectivity index (χ2v) is 10.9. The van der Waals surface area contributed by atoms with Gasteiger partial charge in [-0.2, -0.15) is 0 Å². The predicted molar refractivity (Wildman–Crippen MR) is 148 cm³/mol. The van der Waals surface area contributed by atoms with Gasteiger partial charge in [0.15, 0.2) is 0 Å². The van der Waals surface area contributed by atoms with E-state index in [1.54, 1.807) is 5.48 Å². The highest BCUT2D eigenvalue weighted by Gasteiger charge is 2.33. The van der Waals surface area contributed by atoms with Gasteiger partial charge in [-0.3, -0.25) is 19.8 Å². The van der Waals surface area contributed by atoms with E-state index in [2.05, 4.69) is 19.2 Å². The van der Waals surface area contributed by atoms with E-state index in [1.165, 1.54) is 0 Å². The number of hydrogen-bond donors (Lipinski definition) is 4. The molecule has 1 aromatic heterocycles. The Morgan fingerprint density at radius 1 is 1.00 bits per heavy atom. The van der Waals surface area contributed by atoms with Gasteiger partial charge in [-0.15, -0.1) is 0 Å². The van der Waals surface area contributed by atoms with E-state index in [0.717, 1.165) is 42.6 Å². The summed E-state index contributed by atoms with van der Waals surface area (Å²) in [5.74, 6) is 0.146. The van der Waals surface area contributed by atoms with Crippen molar-refractivity contribution < 1.29 is 24.6 Å². The summed E-state index contributed by atoms with van der Waals surface area (Å²) in [6, 6.07) is 11.7. The zero-order valence-electron chi connectivity index (χ0n) is 23.8. The Kier molecular flexibility index (Phi) is 11.7. The predicted octanol–water partition coefficient (Wildman–Crippen LogP) is 5.08. The molecule has 4 N–H and O–H groups in total. The van der Waals surface area contributed by atoms with Gasteiger partial charge in [-0.1, -0.05) is 53.2 Å². The number of unbranched alkanes of at least 4 members (excludes halogenated alkanes) is 2. The van der Waals surface area contributed by atoms with E-state index >= 15 is 0 Å². The van der Waals surface area contributed by atoms with Gasteiger partial charge in [-0.25, -0.2) is 5.48 Å². The van der Waals surface area contributed by atoms with E-state index in [0.29, 0.717) is 24.3 Å². The first-order valence-electron chi connectivity index (χ1n) is 13.6. The first-order chi connectivity index (χ1) is 18.0. The minimum absolute atomic E-state index is 0.129. The first-order valence-corrected chi connectivity index (χ1v) is 13.6.